The highest BCUT2D eigenvalue weighted by molar-refractivity contribution is 5.28. The van der Waals surface area contributed by atoms with Crippen LogP contribution in [0.3, 0.4) is 0 Å². The van der Waals surface area contributed by atoms with Gasteiger partial charge in [0.25, 0.3) is 11.6 Å². The Morgan fingerprint density at radius 2 is 1.16 bits per heavy atom. The molecule has 0 amide bonds. The molecule has 0 aromatic heterocycles. The Hall–Kier alpha value is -1.02. The quantitative estimate of drug-likeness (QED) is 0.676. The zero-order valence-electron chi connectivity index (χ0n) is 11.2. The van der Waals surface area contributed by atoms with E-state index in [0.29, 0.717) is 0 Å². The van der Waals surface area contributed by atoms with Crippen molar-refractivity contribution in [1.29, 1.82) is 0 Å². The van der Waals surface area contributed by atoms with Gasteiger partial charge in [0.05, 0.1) is 5.92 Å². The molecule has 0 aromatic rings. The molecule has 0 aromatic carbocycles. The summed E-state index contributed by atoms with van der Waals surface area (Å²) in [5.74, 6) is -11.5. The number of alkyl halides is 14. The molecule has 0 aliphatic heterocycles. The standard InChI is InChI=1S/C10H6F14O/c11-1-2(12)3-5(13,14)4(25)7(15,10(22,23)24)6(3,8(16,17)18)9(19,20)21/h2-4,25H,1H2. The molecule has 1 rings (SSSR count). The molecule has 0 radical (unpaired) electrons. The van der Waals surface area contributed by atoms with Crippen LogP contribution in [0.2, 0.25) is 0 Å². The lowest BCUT2D eigenvalue weighted by atomic mass is 9.66. The molecule has 1 aliphatic carbocycles. The minimum Gasteiger partial charge on any atom is -0.383 e. The molecular weight excluding hydrogens is 402 g/mol. The van der Waals surface area contributed by atoms with Gasteiger partial charge in [-0.15, -0.1) is 0 Å². The molecule has 1 fully saturated rings. The second-order valence-corrected chi connectivity index (χ2v) is 5.24. The van der Waals surface area contributed by atoms with Gasteiger partial charge in [-0.2, -0.15) is 39.5 Å². The first kappa shape index (κ1) is 22.0. The summed E-state index contributed by atoms with van der Waals surface area (Å²) in [7, 11) is 0. The summed E-state index contributed by atoms with van der Waals surface area (Å²) in [6.45, 7) is -3.02. The second-order valence-electron chi connectivity index (χ2n) is 5.24. The first-order valence-electron chi connectivity index (χ1n) is 5.91. The molecule has 0 saturated heterocycles. The van der Waals surface area contributed by atoms with Gasteiger partial charge in [0.2, 0.25) is 5.41 Å². The van der Waals surface area contributed by atoms with Crippen molar-refractivity contribution in [2.45, 2.75) is 42.4 Å². The van der Waals surface area contributed by atoms with Crippen LogP contribution in [0, 0.1) is 11.3 Å². The summed E-state index contributed by atoms with van der Waals surface area (Å²) in [6, 6.07) is 0. The third-order valence-corrected chi connectivity index (χ3v) is 4.01. The van der Waals surface area contributed by atoms with Gasteiger partial charge in [-0.05, 0) is 0 Å². The third-order valence-electron chi connectivity index (χ3n) is 4.01. The van der Waals surface area contributed by atoms with Crippen molar-refractivity contribution in [1.82, 2.24) is 0 Å². The Kier molecular flexibility index (Phi) is 4.83. The first-order valence-corrected chi connectivity index (χ1v) is 5.91. The average molecular weight is 408 g/mol. The zero-order valence-corrected chi connectivity index (χ0v) is 11.2. The molecule has 1 nitrogen and oxygen atoms in total. The van der Waals surface area contributed by atoms with Crippen molar-refractivity contribution >= 4 is 0 Å². The Bertz CT molecular complexity index is 489. The summed E-state index contributed by atoms with van der Waals surface area (Å²) < 4.78 is 183. The predicted octanol–water partition coefficient (Wildman–Crippen LogP) is 4.30. The van der Waals surface area contributed by atoms with Crippen LogP contribution in [0.5, 0.6) is 0 Å². The van der Waals surface area contributed by atoms with E-state index < -0.39 is 60.4 Å². The molecule has 15 heteroatoms. The molecule has 4 atom stereocenters. The van der Waals surface area contributed by atoms with Gasteiger partial charge in [-0.1, -0.05) is 0 Å². The van der Waals surface area contributed by atoms with Crippen LogP contribution in [0.1, 0.15) is 0 Å². The van der Waals surface area contributed by atoms with Crippen molar-refractivity contribution in [2.75, 3.05) is 6.67 Å². The number of rotatable bonds is 2. The lowest BCUT2D eigenvalue weighted by molar-refractivity contribution is -0.430. The van der Waals surface area contributed by atoms with Crippen molar-refractivity contribution in [3.63, 3.8) is 0 Å². The predicted molar refractivity (Wildman–Crippen MR) is 49.8 cm³/mol. The normalized spacial score (nSPS) is 34.2. The van der Waals surface area contributed by atoms with Gasteiger partial charge < -0.3 is 5.11 Å². The fraction of sp³-hybridized carbons (Fsp3) is 1.00. The van der Waals surface area contributed by atoms with E-state index in [1.54, 1.807) is 0 Å². The SMILES string of the molecule is OC1C(F)(F)C(C(F)CF)C(C(F)(F)F)(C(F)(F)F)C1(F)C(F)(F)F. The Morgan fingerprint density at radius 3 is 1.40 bits per heavy atom. The Balaban J connectivity index is 4.15. The van der Waals surface area contributed by atoms with E-state index in [0.717, 1.165) is 0 Å². The van der Waals surface area contributed by atoms with E-state index in [4.69, 9.17) is 5.11 Å². The van der Waals surface area contributed by atoms with Gasteiger partial charge >= 0.3 is 18.5 Å². The number of halogens is 14. The second kappa shape index (κ2) is 5.49. The monoisotopic (exact) mass is 408 g/mol. The Morgan fingerprint density at radius 1 is 0.800 bits per heavy atom. The molecular formula is C10H6F14O. The van der Waals surface area contributed by atoms with Crippen LogP contribution in [0.4, 0.5) is 61.5 Å². The highest BCUT2D eigenvalue weighted by atomic mass is 19.4. The first-order chi connectivity index (χ1) is 10.8. The topological polar surface area (TPSA) is 20.2 Å². The lowest BCUT2D eigenvalue weighted by Gasteiger charge is -2.46. The summed E-state index contributed by atoms with van der Waals surface area (Å²) >= 11 is 0. The fourth-order valence-corrected chi connectivity index (χ4v) is 3.07. The van der Waals surface area contributed by atoms with Crippen LogP contribution in [-0.2, 0) is 0 Å². The Labute approximate surface area is 128 Å². The van der Waals surface area contributed by atoms with E-state index in [9.17, 15) is 61.5 Å². The molecule has 0 bridgehead atoms. The van der Waals surface area contributed by atoms with Crippen LogP contribution in [-0.4, -0.2) is 54.2 Å². The van der Waals surface area contributed by atoms with E-state index in [1.807, 2.05) is 0 Å². The highest BCUT2D eigenvalue weighted by Crippen LogP contribution is 2.75. The third kappa shape index (κ3) is 2.40. The summed E-state index contributed by atoms with van der Waals surface area (Å²) in [4.78, 5) is 0. The zero-order chi connectivity index (χ0) is 20.4. The van der Waals surface area contributed by atoms with Crippen molar-refractivity contribution in [2.24, 2.45) is 11.3 Å². The van der Waals surface area contributed by atoms with E-state index in [-0.39, 0.29) is 0 Å². The molecule has 150 valence electrons. The molecule has 4 unspecified atom stereocenters. The molecule has 0 spiro atoms. The minimum absolute atomic E-state index is 3.02. The van der Waals surface area contributed by atoms with Crippen LogP contribution >= 0.6 is 0 Å². The van der Waals surface area contributed by atoms with Crippen molar-refractivity contribution in [3.8, 4) is 0 Å². The molecule has 1 N–H and O–H groups in total. The van der Waals surface area contributed by atoms with E-state index in [1.165, 1.54) is 0 Å². The van der Waals surface area contributed by atoms with Crippen LogP contribution in [0.15, 0.2) is 0 Å². The largest absolute Gasteiger partial charge is 0.426 e. The van der Waals surface area contributed by atoms with Gasteiger partial charge in [0.15, 0.2) is 6.10 Å². The number of aliphatic hydroxyl groups is 1. The maximum absolute atomic E-state index is 14.2. The maximum Gasteiger partial charge on any atom is 0.426 e. The van der Waals surface area contributed by atoms with Crippen molar-refractivity contribution < 1.29 is 66.6 Å². The van der Waals surface area contributed by atoms with Gasteiger partial charge in [-0.3, -0.25) is 0 Å². The smallest absolute Gasteiger partial charge is 0.383 e. The molecule has 0 heterocycles. The number of aliphatic hydroxyl groups excluding tert-OH is 1. The molecule has 1 aliphatic rings. The lowest BCUT2D eigenvalue weighted by Crippen LogP contribution is -2.71. The van der Waals surface area contributed by atoms with Crippen molar-refractivity contribution in [3.05, 3.63) is 0 Å². The van der Waals surface area contributed by atoms with E-state index in [2.05, 4.69) is 0 Å². The van der Waals surface area contributed by atoms with Crippen LogP contribution in [0.25, 0.3) is 0 Å². The average Bonchev–Trinajstić information content (AvgIpc) is 2.52. The van der Waals surface area contributed by atoms with Gasteiger partial charge in [0.1, 0.15) is 12.8 Å². The number of hydrogen-bond donors (Lipinski definition) is 1. The number of hydrogen-bond acceptors (Lipinski definition) is 1. The minimum atomic E-state index is -7.53. The summed E-state index contributed by atoms with van der Waals surface area (Å²) in [5.41, 5.74) is -14.2. The summed E-state index contributed by atoms with van der Waals surface area (Å²) in [6.07, 6.45) is -32.2. The maximum atomic E-state index is 14.2. The fourth-order valence-electron chi connectivity index (χ4n) is 3.07. The van der Waals surface area contributed by atoms with Gasteiger partial charge in [-0.25, -0.2) is 22.0 Å². The molecule has 25 heavy (non-hydrogen) atoms. The van der Waals surface area contributed by atoms with Gasteiger partial charge in [0, 0.05) is 0 Å². The summed E-state index contributed by atoms with van der Waals surface area (Å²) in [5, 5.41) is 8.75. The van der Waals surface area contributed by atoms with Crippen LogP contribution < -0.4 is 0 Å². The van der Waals surface area contributed by atoms with E-state index >= 15 is 0 Å². The highest BCUT2D eigenvalue weighted by Gasteiger charge is 3.00. The molecule has 1 saturated carbocycles.